The zero-order chi connectivity index (χ0) is 9.61. The Morgan fingerprint density at radius 3 is 2.17 bits per heavy atom. The maximum absolute atomic E-state index is 11.2. The fourth-order valence-electron chi connectivity index (χ4n) is 1.12. The molecule has 0 aliphatic rings. The summed E-state index contributed by atoms with van der Waals surface area (Å²) in [5.74, 6) is 1.34. The van der Waals surface area contributed by atoms with Crippen molar-refractivity contribution in [2.45, 2.75) is 40.0 Å². The zero-order valence-corrected chi connectivity index (χ0v) is 9.15. The van der Waals surface area contributed by atoms with Gasteiger partial charge in [-0.2, -0.15) is 0 Å². The molecule has 0 radical (unpaired) electrons. The van der Waals surface area contributed by atoms with Gasteiger partial charge in [0, 0.05) is 5.75 Å². The second kappa shape index (κ2) is 5.57. The summed E-state index contributed by atoms with van der Waals surface area (Å²) in [6.45, 7) is 6.14. The first-order chi connectivity index (χ1) is 5.48. The average molecular weight is 192 g/mol. The molecule has 0 aromatic heterocycles. The van der Waals surface area contributed by atoms with Crippen molar-refractivity contribution >= 4 is 9.84 Å². The fraction of sp³-hybridized carbons (Fsp3) is 1.00. The maximum Gasteiger partial charge on any atom is 0.150 e. The lowest BCUT2D eigenvalue weighted by atomic mass is 10.1. The van der Waals surface area contributed by atoms with Gasteiger partial charge in [0.25, 0.3) is 0 Å². The standard InChI is InChI=1S/C9H20O2S/c1-4-7-12(10,11)8-5-6-9(2)3/h9H,4-8H2,1-3H3. The Balaban J connectivity index is 3.62. The van der Waals surface area contributed by atoms with Crippen molar-refractivity contribution in [2.75, 3.05) is 11.5 Å². The van der Waals surface area contributed by atoms with Crippen LogP contribution in [0.1, 0.15) is 40.0 Å². The van der Waals surface area contributed by atoms with Gasteiger partial charge in [-0.25, -0.2) is 8.42 Å². The molecule has 0 amide bonds. The van der Waals surface area contributed by atoms with Gasteiger partial charge >= 0.3 is 0 Å². The maximum atomic E-state index is 11.2. The summed E-state index contributed by atoms with van der Waals surface area (Å²) in [4.78, 5) is 0. The lowest BCUT2D eigenvalue weighted by molar-refractivity contribution is 0.559. The van der Waals surface area contributed by atoms with E-state index in [0.717, 1.165) is 19.3 Å². The summed E-state index contributed by atoms with van der Waals surface area (Å²) in [7, 11) is -2.73. The minimum atomic E-state index is -2.73. The Morgan fingerprint density at radius 1 is 1.17 bits per heavy atom. The van der Waals surface area contributed by atoms with Gasteiger partial charge in [0.1, 0.15) is 9.84 Å². The lowest BCUT2D eigenvalue weighted by Gasteiger charge is -2.04. The van der Waals surface area contributed by atoms with Crippen LogP contribution < -0.4 is 0 Å². The van der Waals surface area contributed by atoms with E-state index in [1.807, 2.05) is 6.92 Å². The fourth-order valence-corrected chi connectivity index (χ4v) is 2.56. The number of sulfone groups is 1. The first-order valence-corrected chi connectivity index (χ1v) is 6.50. The average Bonchev–Trinajstić information content (AvgIpc) is 1.85. The molecule has 0 aliphatic carbocycles. The van der Waals surface area contributed by atoms with Gasteiger partial charge in [0.05, 0.1) is 5.75 Å². The van der Waals surface area contributed by atoms with Crippen LogP contribution in [0.2, 0.25) is 0 Å². The molecule has 0 aromatic rings. The van der Waals surface area contributed by atoms with Gasteiger partial charge in [0.15, 0.2) is 0 Å². The Kier molecular flexibility index (Phi) is 5.55. The Bertz CT molecular complexity index is 193. The molecule has 0 aromatic carbocycles. The highest BCUT2D eigenvalue weighted by Crippen LogP contribution is 2.06. The van der Waals surface area contributed by atoms with E-state index in [4.69, 9.17) is 0 Å². The van der Waals surface area contributed by atoms with Crippen LogP contribution >= 0.6 is 0 Å². The van der Waals surface area contributed by atoms with Crippen molar-refractivity contribution in [2.24, 2.45) is 5.92 Å². The first kappa shape index (κ1) is 11.9. The van der Waals surface area contributed by atoms with Crippen molar-refractivity contribution in [3.8, 4) is 0 Å². The molecule has 0 bridgehead atoms. The molecule has 0 spiro atoms. The Hall–Kier alpha value is -0.0500. The van der Waals surface area contributed by atoms with E-state index in [1.54, 1.807) is 0 Å². The van der Waals surface area contributed by atoms with Gasteiger partial charge in [-0.1, -0.05) is 27.2 Å². The number of hydrogen-bond acceptors (Lipinski definition) is 2. The van der Waals surface area contributed by atoms with Crippen molar-refractivity contribution in [1.82, 2.24) is 0 Å². The molecule has 0 heterocycles. The van der Waals surface area contributed by atoms with Crippen LogP contribution in [0.5, 0.6) is 0 Å². The molecular weight excluding hydrogens is 172 g/mol. The first-order valence-electron chi connectivity index (χ1n) is 4.68. The largest absolute Gasteiger partial charge is 0.229 e. The van der Waals surface area contributed by atoms with Gasteiger partial charge in [0.2, 0.25) is 0 Å². The van der Waals surface area contributed by atoms with Crippen molar-refractivity contribution in [3.63, 3.8) is 0 Å². The molecule has 0 saturated heterocycles. The lowest BCUT2D eigenvalue weighted by Crippen LogP contribution is -2.10. The molecule has 0 saturated carbocycles. The molecule has 12 heavy (non-hydrogen) atoms. The Labute approximate surface area is 76.3 Å². The second-order valence-corrected chi connectivity index (χ2v) is 5.99. The SMILES string of the molecule is CCCS(=O)(=O)CCCC(C)C. The molecule has 74 valence electrons. The van der Waals surface area contributed by atoms with Crippen LogP contribution in [-0.2, 0) is 9.84 Å². The van der Waals surface area contributed by atoms with E-state index in [-0.39, 0.29) is 0 Å². The van der Waals surface area contributed by atoms with Gasteiger partial charge < -0.3 is 0 Å². The molecular formula is C9H20O2S. The zero-order valence-electron chi connectivity index (χ0n) is 8.34. The van der Waals surface area contributed by atoms with Crippen LogP contribution in [0.25, 0.3) is 0 Å². The third-order valence-electron chi connectivity index (χ3n) is 1.75. The predicted octanol–water partition coefficient (Wildman–Crippen LogP) is 2.25. The van der Waals surface area contributed by atoms with E-state index in [2.05, 4.69) is 13.8 Å². The van der Waals surface area contributed by atoms with Crippen molar-refractivity contribution < 1.29 is 8.42 Å². The van der Waals surface area contributed by atoms with Gasteiger partial charge in [-0.3, -0.25) is 0 Å². The van der Waals surface area contributed by atoms with E-state index in [1.165, 1.54) is 0 Å². The minimum absolute atomic E-state index is 0.352. The normalized spacial score (nSPS) is 12.3. The highest BCUT2D eigenvalue weighted by molar-refractivity contribution is 7.91. The summed E-state index contributed by atoms with van der Waals surface area (Å²) in [5.41, 5.74) is 0. The smallest absolute Gasteiger partial charge is 0.150 e. The third-order valence-corrected chi connectivity index (χ3v) is 3.69. The monoisotopic (exact) mass is 192 g/mol. The van der Waals surface area contributed by atoms with Crippen LogP contribution in [-0.4, -0.2) is 19.9 Å². The molecule has 0 N–H and O–H groups in total. The Morgan fingerprint density at radius 2 is 1.75 bits per heavy atom. The van der Waals surface area contributed by atoms with Gasteiger partial charge in [-0.15, -0.1) is 0 Å². The third kappa shape index (κ3) is 6.65. The highest BCUT2D eigenvalue weighted by atomic mass is 32.2. The van der Waals surface area contributed by atoms with E-state index in [0.29, 0.717) is 17.4 Å². The molecule has 0 rings (SSSR count). The number of hydrogen-bond donors (Lipinski definition) is 0. The molecule has 3 heteroatoms. The van der Waals surface area contributed by atoms with Crippen LogP contribution in [0, 0.1) is 5.92 Å². The van der Waals surface area contributed by atoms with Crippen molar-refractivity contribution in [3.05, 3.63) is 0 Å². The molecule has 0 aliphatic heterocycles. The predicted molar refractivity (Wildman–Crippen MR) is 53.0 cm³/mol. The van der Waals surface area contributed by atoms with E-state index >= 15 is 0 Å². The van der Waals surface area contributed by atoms with E-state index < -0.39 is 9.84 Å². The molecule has 2 nitrogen and oxygen atoms in total. The highest BCUT2D eigenvalue weighted by Gasteiger charge is 2.08. The summed E-state index contributed by atoms with van der Waals surface area (Å²) < 4.78 is 22.4. The number of rotatable bonds is 6. The summed E-state index contributed by atoms with van der Waals surface area (Å²) in [5, 5.41) is 0. The van der Waals surface area contributed by atoms with Gasteiger partial charge in [-0.05, 0) is 18.8 Å². The topological polar surface area (TPSA) is 34.1 Å². The summed E-state index contributed by atoms with van der Waals surface area (Å²) in [6.07, 6.45) is 2.58. The summed E-state index contributed by atoms with van der Waals surface area (Å²) in [6, 6.07) is 0. The molecule has 0 fully saturated rings. The second-order valence-electron chi connectivity index (χ2n) is 3.69. The molecule has 0 unspecified atom stereocenters. The van der Waals surface area contributed by atoms with Crippen LogP contribution in [0.3, 0.4) is 0 Å². The van der Waals surface area contributed by atoms with Crippen LogP contribution in [0.15, 0.2) is 0 Å². The summed E-state index contributed by atoms with van der Waals surface area (Å²) >= 11 is 0. The van der Waals surface area contributed by atoms with Crippen LogP contribution in [0.4, 0.5) is 0 Å². The molecule has 0 atom stereocenters. The van der Waals surface area contributed by atoms with E-state index in [9.17, 15) is 8.42 Å². The minimum Gasteiger partial charge on any atom is -0.229 e. The van der Waals surface area contributed by atoms with Crippen molar-refractivity contribution in [1.29, 1.82) is 0 Å². The quantitative estimate of drug-likeness (QED) is 0.647.